The van der Waals surface area contributed by atoms with Crippen molar-refractivity contribution in [1.82, 2.24) is 5.32 Å². The van der Waals surface area contributed by atoms with Crippen LogP contribution in [0.4, 0.5) is 0 Å². The van der Waals surface area contributed by atoms with E-state index in [0.29, 0.717) is 12.2 Å². The molecular formula is C15H31NO. The molecule has 2 nitrogen and oxygen atoms in total. The third-order valence-electron chi connectivity index (χ3n) is 3.56. The van der Waals surface area contributed by atoms with Gasteiger partial charge in [0.1, 0.15) is 0 Å². The Morgan fingerprint density at radius 3 is 2.53 bits per heavy atom. The van der Waals surface area contributed by atoms with Crippen LogP contribution in [-0.2, 0) is 4.74 Å². The van der Waals surface area contributed by atoms with Gasteiger partial charge in [0.2, 0.25) is 0 Å². The highest BCUT2D eigenvalue weighted by Gasteiger charge is 2.22. The minimum Gasteiger partial charge on any atom is -0.374 e. The fourth-order valence-electron chi connectivity index (χ4n) is 2.13. The van der Waals surface area contributed by atoms with Crippen LogP contribution in [0, 0.1) is 0 Å². The summed E-state index contributed by atoms with van der Waals surface area (Å²) in [6, 6.07) is 0.799. The molecule has 1 N–H and O–H groups in total. The van der Waals surface area contributed by atoms with Gasteiger partial charge in [0.15, 0.2) is 0 Å². The monoisotopic (exact) mass is 241 g/mol. The number of rotatable bonds is 11. The Balaban J connectivity index is 2.01. The number of unbranched alkanes of at least 4 members (excludes halogenated alkanes) is 3. The summed E-state index contributed by atoms with van der Waals surface area (Å²) < 4.78 is 6.10. The van der Waals surface area contributed by atoms with Gasteiger partial charge >= 0.3 is 0 Å². The van der Waals surface area contributed by atoms with E-state index in [4.69, 9.17) is 4.74 Å². The minimum absolute atomic E-state index is 0.414. The number of hydrogen-bond donors (Lipinski definition) is 1. The van der Waals surface area contributed by atoms with Crippen molar-refractivity contribution in [3.05, 3.63) is 0 Å². The van der Waals surface area contributed by atoms with Crippen molar-refractivity contribution < 1.29 is 4.74 Å². The van der Waals surface area contributed by atoms with E-state index in [-0.39, 0.29) is 0 Å². The Bertz CT molecular complexity index is 180. The SMILES string of the molecule is CCCCCCC(C)OC(CC)CNC1CC1. The Kier molecular flexibility index (Phi) is 7.87. The van der Waals surface area contributed by atoms with Gasteiger partial charge in [-0.2, -0.15) is 0 Å². The molecule has 17 heavy (non-hydrogen) atoms. The number of nitrogens with one attached hydrogen (secondary N) is 1. The highest BCUT2D eigenvalue weighted by Crippen LogP contribution is 2.19. The molecule has 2 heteroatoms. The van der Waals surface area contributed by atoms with E-state index in [1.807, 2.05) is 0 Å². The number of hydrogen-bond acceptors (Lipinski definition) is 2. The van der Waals surface area contributed by atoms with Crippen LogP contribution >= 0.6 is 0 Å². The van der Waals surface area contributed by atoms with Gasteiger partial charge in [-0.3, -0.25) is 0 Å². The molecule has 1 aliphatic carbocycles. The zero-order chi connectivity index (χ0) is 12.5. The summed E-state index contributed by atoms with van der Waals surface area (Å²) in [5.41, 5.74) is 0. The van der Waals surface area contributed by atoms with E-state index in [1.54, 1.807) is 0 Å². The van der Waals surface area contributed by atoms with Gasteiger partial charge in [0.05, 0.1) is 12.2 Å². The van der Waals surface area contributed by atoms with Crippen LogP contribution in [-0.4, -0.2) is 24.8 Å². The molecule has 0 aromatic rings. The lowest BCUT2D eigenvalue weighted by Crippen LogP contribution is -2.32. The molecule has 0 aromatic heterocycles. The first-order chi connectivity index (χ1) is 8.26. The van der Waals surface area contributed by atoms with E-state index in [1.165, 1.54) is 44.9 Å². The van der Waals surface area contributed by atoms with Crippen molar-refractivity contribution >= 4 is 0 Å². The molecule has 0 aromatic carbocycles. The summed E-state index contributed by atoms with van der Waals surface area (Å²) in [7, 11) is 0. The molecule has 0 aliphatic heterocycles. The van der Waals surface area contributed by atoms with Crippen molar-refractivity contribution in [3.63, 3.8) is 0 Å². The van der Waals surface area contributed by atoms with E-state index < -0.39 is 0 Å². The van der Waals surface area contributed by atoms with Crippen molar-refractivity contribution in [3.8, 4) is 0 Å². The molecule has 1 aliphatic rings. The molecular weight excluding hydrogens is 210 g/mol. The molecule has 2 atom stereocenters. The van der Waals surface area contributed by atoms with E-state index in [0.717, 1.165) is 19.0 Å². The topological polar surface area (TPSA) is 21.3 Å². The van der Waals surface area contributed by atoms with Crippen molar-refractivity contribution in [2.75, 3.05) is 6.54 Å². The van der Waals surface area contributed by atoms with Crippen LogP contribution in [0.5, 0.6) is 0 Å². The lowest BCUT2D eigenvalue weighted by atomic mass is 10.1. The van der Waals surface area contributed by atoms with Crippen molar-refractivity contribution in [2.24, 2.45) is 0 Å². The molecule has 0 amide bonds. The van der Waals surface area contributed by atoms with Crippen LogP contribution < -0.4 is 5.32 Å². The summed E-state index contributed by atoms with van der Waals surface area (Å²) in [5.74, 6) is 0. The Labute approximate surface area is 108 Å². The summed E-state index contributed by atoms with van der Waals surface area (Å²) in [6.45, 7) is 7.76. The normalized spacial score (nSPS) is 19.2. The smallest absolute Gasteiger partial charge is 0.0700 e. The lowest BCUT2D eigenvalue weighted by Gasteiger charge is -2.22. The van der Waals surface area contributed by atoms with E-state index in [9.17, 15) is 0 Å². The maximum absolute atomic E-state index is 6.10. The summed E-state index contributed by atoms with van der Waals surface area (Å²) in [4.78, 5) is 0. The van der Waals surface area contributed by atoms with Gasteiger partial charge in [0.25, 0.3) is 0 Å². The van der Waals surface area contributed by atoms with Crippen molar-refractivity contribution in [2.45, 2.75) is 90.4 Å². The molecule has 0 bridgehead atoms. The zero-order valence-electron chi connectivity index (χ0n) is 12.0. The highest BCUT2D eigenvalue weighted by atomic mass is 16.5. The Morgan fingerprint density at radius 2 is 1.94 bits per heavy atom. The van der Waals surface area contributed by atoms with Gasteiger partial charge < -0.3 is 10.1 Å². The second kappa shape index (κ2) is 8.93. The number of ether oxygens (including phenoxy) is 1. The highest BCUT2D eigenvalue weighted by molar-refractivity contribution is 4.82. The maximum Gasteiger partial charge on any atom is 0.0700 e. The van der Waals surface area contributed by atoms with Crippen LogP contribution in [0.15, 0.2) is 0 Å². The molecule has 1 fully saturated rings. The molecule has 1 rings (SSSR count). The minimum atomic E-state index is 0.414. The molecule has 0 saturated heterocycles. The van der Waals surface area contributed by atoms with E-state index >= 15 is 0 Å². The van der Waals surface area contributed by atoms with Crippen LogP contribution in [0.2, 0.25) is 0 Å². The van der Waals surface area contributed by atoms with Gasteiger partial charge in [-0.25, -0.2) is 0 Å². The van der Waals surface area contributed by atoms with Crippen LogP contribution in [0.3, 0.4) is 0 Å². The largest absolute Gasteiger partial charge is 0.374 e. The van der Waals surface area contributed by atoms with Crippen molar-refractivity contribution in [1.29, 1.82) is 0 Å². The van der Waals surface area contributed by atoms with Gasteiger partial charge in [-0.05, 0) is 32.6 Å². The average molecular weight is 241 g/mol. The first-order valence-electron chi connectivity index (χ1n) is 7.65. The summed E-state index contributed by atoms with van der Waals surface area (Å²) in [5, 5.41) is 3.56. The second-order valence-electron chi connectivity index (χ2n) is 5.51. The average Bonchev–Trinajstić information content (AvgIpc) is 3.14. The first-order valence-corrected chi connectivity index (χ1v) is 7.65. The fraction of sp³-hybridized carbons (Fsp3) is 1.00. The molecule has 0 spiro atoms. The summed E-state index contributed by atoms with van der Waals surface area (Å²) >= 11 is 0. The third-order valence-corrected chi connectivity index (χ3v) is 3.56. The predicted octanol–water partition coefficient (Wildman–Crippen LogP) is 3.89. The van der Waals surface area contributed by atoms with Gasteiger partial charge in [0, 0.05) is 12.6 Å². The maximum atomic E-state index is 6.10. The molecule has 2 unspecified atom stereocenters. The molecule has 0 heterocycles. The standard InChI is InChI=1S/C15H31NO/c1-4-6-7-8-9-13(3)17-15(5-2)12-16-14-10-11-14/h13-16H,4-12H2,1-3H3. The molecule has 1 saturated carbocycles. The van der Waals surface area contributed by atoms with Gasteiger partial charge in [-0.15, -0.1) is 0 Å². The first kappa shape index (κ1) is 15.0. The van der Waals surface area contributed by atoms with E-state index in [2.05, 4.69) is 26.1 Å². The predicted molar refractivity (Wildman–Crippen MR) is 74.4 cm³/mol. The lowest BCUT2D eigenvalue weighted by molar-refractivity contribution is -0.00833. The van der Waals surface area contributed by atoms with Crippen LogP contribution in [0.1, 0.15) is 72.1 Å². The third kappa shape index (κ3) is 7.77. The van der Waals surface area contributed by atoms with Gasteiger partial charge in [-0.1, -0.05) is 39.5 Å². The molecule has 0 radical (unpaired) electrons. The fourth-order valence-corrected chi connectivity index (χ4v) is 2.13. The van der Waals surface area contributed by atoms with Crippen LogP contribution in [0.25, 0.3) is 0 Å². The molecule has 102 valence electrons. The second-order valence-corrected chi connectivity index (χ2v) is 5.51. The quantitative estimate of drug-likeness (QED) is 0.554. The Hall–Kier alpha value is -0.0800. The zero-order valence-corrected chi connectivity index (χ0v) is 12.0. The summed E-state index contributed by atoms with van der Waals surface area (Å²) in [6.07, 6.45) is 11.3. The Morgan fingerprint density at radius 1 is 1.18 bits per heavy atom.